The summed E-state index contributed by atoms with van der Waals surface area (Å²) in [7, 11) is 1.84. The summed E-state index contributed by atoms with van der Waals surface area (Å²) in [5.74, 6) is 1.52. The summed E-state index contributed by atoms with van der Waals surface area (Å²) in [6.07, 6.45) is 1.01. The van der Waals surface area contributed by atoms with Crippen LogP contribution in [-0.2, 0) is 0 Å². The minimum absolute atomic E-state index is 0.379. The van der Waals surface area contributed by atoms with E-state index in [9.17, 15) is 4.79 Å². The van der Waals surface area contributed by atoms with E-state index in [1.54, 1.807) is 36.4 Å². The molecule has 2 aromatic rings. The van der Waals surface area contributed by atoms with Crippen LogP contribution in [0.5, 0.6) is 11.5 Å². The van der Waals surface area contributed by atoms with Crippen molar-refractivity contribution < 1.29 is 14.3 Å². The molecule has 0 aromatic heterocycles. The van der Waals surface area contributed by atoms with Gasteiger partial charge in [-0.05, 0) is 60.9 Å². The standard InChI is InChI=1S/C19H23NO3/c1-14(2)12-13-22-17-8-4-15(5-9-17)19(21)23-18-10-6-16(20-3)7-11-18/h4-11,14,20H,12-13H2,1-3H3. The summed E-state index contributed by atoms with van der Waals surface area (Å²) < 4.78 is 11.0. The first-order chi connectivity index (χ1) is 11.1. The zero-order valence-electron chi connectivity index (χ0n) is 13.8. The highest BCUT2D eigenvalue weighted by atomic mass is 16.5. The van der Waals surface area contributed by atoms with Crippen molar-refractivity contribution in [3.05, 3.63) is 54.1 Å². The molecule has 0 saturated carbocycles. The fraction of sp³-hybridized carbons (Fsp3) is 0.316. The largest absolute Gasteiger partial charge is 0.494 e. The van der Waals surface area contributed by atoms with Crippen molar-refractivity contribution in [1.82, 2.24) is 0 Å². The van der Waals surface area contributed by atoms with E-state index in [1.807, 2.05) is 19.2 Å². The number of nitrogens with one attached hydrogen (secondary N) is 1. The van der Waals surface area contributed by atoms with Crippen molar-refractivity contribution in [3.63, 3.8) is 0 Å². The highest BCUT2D eigenvalue weighted by Gasteiger charge is 2.09. The molecule has 0 aliphatic carbocycles. The molecule has 122 valence electrons. The number of anilines is 1. The smallest absolute Gasteiger partial charge is 0.343 e. The van der Waals surface area contributed by atoms with E-state index < -0.39 is 0 Å². The molecule has 0 spiro atoms. The lowest BCUT2D eigenvalue weighted by molar-refractivity contribution is 0.0735. The minimum atomic E-state index is -0.379. The van der Waals surface area contributed by atoms with Crippen LogP contribution in [0.3, 0.4) is 0 Å². The second-order valence-corrected chi connectivity index (χ2v) is 5.72. The van der Waals surface area contributed by atoms with Crippen molar-refractivity contribution in [3.8, 4) is 11.5 Å². The van der Waals surface area contributed by atoms with E-state index in [2.05, 4.69) is 19.2 Å². The Morgan fingerprint density at radius 2 is 1.61 bits per heavy atom. The first-order valence-electron chi connectivity index (χ1n) is 7.81. The number of benzene rings is 2. The van der Waals surface area contributed by atoms with Crippen LogP contribution in [0.1, 0.15) is 30.6 Å². The number of carbonyl (C=O) groups is 1. The molecule has 23 heavy (non-hydrogen) atoms. The zero-order valence-corrected chi connectivity index (χ0v) is 13.8. The summed E-state index contributed by atoms with van der Waals surface area (Å²) in [5, 5.41) is 3.01. The van der Waals surface area contributed by atoms with Crippen LogP contribution >= 0.6 is 0 Å². The van der Waals surface area contributed by atoms with Gasteiger partial charge in [0.25, 0.3) is 0 Å². The summed E-state index contributed by atoms with van der Waals surface area (Å²) >= 11 is 0. The molecule has 0 saturated heterocycles. The van der Waals surface area contributed by atoms with Crippen LogP contribution in [-0.4, -0.2) is 19.6 Å². The second-order valence-electron chi connectivity index (χ2n) is 5.72. The van der Waals surface area contributed by atoms with Gasteiger partial charge in [-0.2, -0.15) is 0 Å². The molecule has 4 heteroatoms. The molecule has 0 amide bonds. The fourth-order valence-electron chi connectivity index (χ4n) is 1.96. The molecule has 0 fully saturated rings. The maximum absolute atomic E-state index is 12.1. The summed E-state index contributed by atoms with van der Waals surface area (Å²) in [5.41, 5.74) is 1.46. The molecule has 0 unspecified atom stereocenters. The van der Waals surface area contributed by atoms with Crippen molar-refractivity contribution in [2.45, 2.75) is 20.3 Å². The maximum atomic E-state index is 12.1. The molecule has 0 heterocycles. The molecular formula is C19H23NO3. The van der Waals surface area contributed by atoms with Crippen LogP contribution in [0.4, 0.5) is 5.69 Å². The normalized spacial score (nSPS) is 10.4. The van der Waals surface area contributed by atoms with Crippen molar-refractivity contribution in [1.29, 1.82) is 0 Å². The Labute approximate surface area is 137 Å². The third-order valence-corrected chi connectivity index (χ3v) is 3.41. The third-order valence-electron chi connectivity index (χ3n) is 3.41. The Balaban J connectivity index is 1.91. The number of carbonyl (C=O) groups excluding carboxylic acids is 1. The second kappa shape index (κ2) is 8.22. The Kier molecular flexibility index (Phi) is 6.03. The number of hydrogen-bond donors (Lipinski definition) is 1. The third kappa shape index (κ3) is 5.33. The zero-order chi connectivity index (χ0) is 16.7. The van der Waals surface area contributed by atoms with Crippen molar-refractivity contribution in [2.24, 2.45) is 5.92 Å². The first-order valence-corrected chi connectivity index (χ1v) is 7.81. The molecule has 0 aliphatic heterocycles. The number of esters is 1. The molecule has 0 bridgehead atoms. The fourth-order valence-corrected chi connectivity index (χ4v) is 1.96. The summed E-state index contributed by atoms with van der Waals surface area (Å²) in [4.78, 5) is 12.1. The first kappa shape index (κ1) is 16.9. The number of ether oxygens (including phenoxy) is 2. The Morgan fingerprint density at radius 3 is 2.17 bits per heavy atom. The molecular weight excluding hydrogens is 290 g/mol. The van der Waals surface area contributed by atoms with Gasteiger partial charge in [-0.15, -0.1) is 0 Å². The number of hydrogen-bond acceptors (Lipinski definition) is 4. The molecule has 1 N–H and O–H groups in total. The highest BCUT2D eigenvalue weighted by molar-refractivity contribution is 5.91. The molecule has 2 aromatic carbocycles. The van der Waals surface area contributed by atoms with Crippen LogP contribution in [0.25, 0.3) is 0 Å². The lowest BCUT2D eigenvalue weighted by atomic mass is 10.1. The summed E-state index contributed by atoms with van der Waals surface area (Å²) in [6, 6.07) is 14.2. The van der Waals surface area contributed by atoms with Crippen LogP contribution < -0.4 is 14.8 Å². The van der Waals surface area contributed by atoms with E-state index >= 15 is 0 Å². The van der Waals surface area contributed by atoms with E-state index in [0.717, 1.165) is 17.9 Å². The van der Waals surface area contributed by atoms with Gasteiger partial charge < -0.3 is 14.8 Å². The van der Waals surface area contributed by atoms with E-state index in [1.165, 1.54) is 0 Å². The molecule has 0 atom stereocenters. The highest BCUT2D eigenvalue weighted by Crippen LogP contribution is 2.18. The van der Waals surface area contributed by atoms with Gasteiger partial charge in [0, 0.05) is 12.7 Å². The predicted octanol–water partition coefficient (Wildman–Crippen LogP) is 4.37. The Bertz CT molecular complexity index is 618. The van der Waals surface area contributed by atoms with Gasteiger partial charge in [0.05, 0.1) is 12.2 Å². The SMILES string of the molecule is CNc1ccc(OC(=O)c2ccc(OCCC(C)C)cc2)cc1. The number of rotatable bonds is 7. The lowest BCUT2D eigenvalue weighted by Gasteiger charge is -2.09. The van der Waals surface area contributed by atoms with Gasteiger partial charge in [-0.3, -0.25) is 0 Å². The average Bonchev–Trinajstić information content (AvgIpc) is 2.56. The monoisotopic (exact) mass is 313 g/mol. The van der Waals surface area contributed by atoms with Gasteiger partial charge in [0.15, 0.2) is 0 Å². The van der Waals surface area contributed by atoms with Crippen molar-refractivity contribution in [2.75, 3.05) is 19.0 Å². The van der Waals surface area contributed by atoms with Gasteiger partial charge in [0.1, 0.15) is 11.5 Å². The van der Waals surface area contributed by atoms with E-state index in [-0.39, 0.29) is 5.97 Å². The predicted molar refractivity (Wildman–Crippen MR) is 92.3 cm³/mol. The van der Waals surface area contributed by atoms with Gasteiger partial charge >= 0.3 is 5.97 Å². The van der Waals surface area contributed by atoms with E-state index in [0.29, 0.717) is 23.8 Å². The van der Waals surface area contributed by atoms with Crippen LogP contribution in [0.2, 0.25) is 0 Å². The minimum Gasteiger partial charge on any atom is -0.494 e. The maximum Gasteiger partial charge on any atom is 0.343 e. The van der Waals surface area contributed by atoms with Gasteiger partial charge in [0.2, 0.25) is 0 Å². The van der Waals surface area contributed by atoms with Crippen LogP contribution in [0.15, 0.2) is 48.5 Å². The van der Waals surface area contributed by atoms with Crippen LogP contribution in [0, 0.1) is 5.92 Å². The lowest BCUT2D eigenvalue weighted by Crippen LogP contribution is -2.08. The van der Waals surface area contributed by atoms with Gasteiger partial charge in [-0.25, -0.2) is 4.79 Å². The molecule has 0 radical (unpaired) electrons. The summed E-state index contributed by atoms with van der Waals surface area (Å²) in [6.45, 7) is 5.00. The average molecular weight is 313 g/mol. The molecule has 2 rings (SSSR count). The molecule has 4 nitrogen and oxygen atoms in total. The van der Waals surface area contributed by atoms with E-state index in [4.69, 9.17) is 9.47 Å². The quantitative estimate of drug-likeness (QED) is 0.609. The van der Waals surface area contributed by atoms with Crippen molar-refractivity contribution >= 4 is 11.7 Å². The Hall–Kier alpha value is -2.49. The Morgan fingerprint density at radius 1 is 1.00 bits per heavy atom. The molecule has 0 aliphatic rings. The topological polar surface area (TPSA) is 47.6 Å². The van der Waals surface area contributed by atoms with Gasteiger partial charge in [-0.1, -0.05) is 13.8 Å².